The minimum Gasteiger partial charge on any atom is -0.507 e. The number of fused-ring (bicyclic) bond motifs is 2. The second-order valence-corrected chi connectivity index (χ2v) is 9.57. The molecule has 12 heteroatoms. The van der Waals surface area contributed by atoms with E-state index in [1.165, 1.54) is 30.9 Å². The third-order valence-corrected chi connectivity index (χ3v) is 7.16. The number of hydrogen-bond donors (Lipinski definition) is 5. The van der Waals surface area contributed by atoms with Crippen molar-refractivity contribution in [2.75, 3.05) is 14.2 Å². The fraction of sp³-hybridized carbons (Fsp3) is 0.167. The monoisotopic (exact) mass is 575 g/mol. The number of nitrogens with zero attached hydrogens (tertiary/aromatic N) is 1. The highest BCUT2D eigenvalue weighted by molar-refractivity contribution is 5.92. The summed E-state index contributed by atoms with van der Waals surface area (Å²) in [6.45, 7) is 0. The number of benzene rings is 3. The summed E-state index contributed by atoms with van der Waals surface area (Å²) in [5, 5.41) is 52.2. The summed E-state index contributed by atoms with van der Waals surface area (Å²) in [6, 6.07) is 10.8. The zero-order valence-corrected chi connectivity index (χ0v) is 22.5. The van der Waals surface area contributed by atoms with Gasteiger partial charge >= 0.3 is 5.97 Å². The lowest BCUT2D eigenvalue weighted by Gasteiger charge is -2.21. The van der Waals surface area contributed by atoms with Crippen molar-refractivity contribution < 1.29 is 44.2 Å². The molecule has 2 aromatic heterocycles. The van der Waals surface area contributed by atoms with Gasteiger partial charge in [-0.25, -0.2) is 0 Å². The van der Waals surface area contributed by atoms with Crippen LogP contribution in [0, 0.1) is 0 Å². The SMILES string of the molecule is COC(=O)C[C@H](c1cc2ccc(OC)cc2n(C)c1=O)c1c(O)cc(O)c2c(=O)c(O)c(-c3ccc(O)c(O)c3)oc12. The first-order valence-electron chi connectivity index (χ1n) is 12.5. The van der Waals surface area contributed by atoms with E-state index in [1.807, 2.05) is 0 Å². The fourth-order valence-electron chi connectivity index (χ4n) is 5.00. The summed E-state index contributed by atoms with van der Waals surface area (Å²) >= 11 is 0. The van der Waals surface area contributed by atoms with Crippen molar-refractivity contribution in [3.05, 3.63) is 80.2 Å². The highest BCUT2D eigenvalue weighted by atomic mass is 16.5. The van der Waals surface area contributed by atoms with Crippen LogP contribution in [0.3, 0.4) is 0 Å². The minimum absolute atomic E-state index is 0.0300. The predicted molar refractivity (Wildman–Crippen MR) is 150 cm³/mol. The zero-order chi connectivity index (χ0) is 30.5. The Hall–Kier alpha value is -5.65. The first-order valence-corrected chi connectivity index (χ1v) is 12.5. The van der Waals surface area contributed by atoms with Crippen LogP contribution in [0.4, 0.5) is 0 Å². The molecule has 1 atom stereocenters. The van der Waals surface area contributed by atoms with Crippen molar-refractivity contribution in [1.29, 1.82) is 0 Å². The molecule has 3 aromatic carbocycles. The number of pyridine rings is 1. The van der Waals surface area contributed by atoms with Crippen molar-refractivity contribution in [3.63, 3.8) is 0 Å². The van der Waals surface area contributed by atoms with E-state index >= 15 is 0 Å². The number of rotatable bonds is 6. The standard InChI is InChI=1S/C30H25NO11/c1-31-18-10-15(40-2)6-4-13(18)8-17(30(31)39)16(11-23(36)41-3)24-21(34)12-22(35)25-26(37)27(38)28(42-29(24)25)14-5-7-19(32)20(33)9-14/h4-10,12,16,32-35,38H,11H2,1-3H3/t16-/m1/s1. The number of phenolic OH excluding ortho intramolecular Hbond substituents is 4. The summed E-state index contributed by atoms with van der Waals surface area (Å²) in [5.74, 6) is -5.31. The molecule has 0 aliphatic carbocycles. The smallest absolute Gasteiger partial charge is 0.306 e. The molecule has 0 aliphatic heterocycles. The number of methoxy groups -OCH3 is 2. The van der Waals surface area contributed by atoms with Gasteiger partial charge in [-0.2, -0.15) is 0 Å². The zero-order valence-electron chi connectivity index (χ0n) is 22.5. The van der Waals surface area contributed by atoms with Gasteiger partial charge in [0.25, 0.3) is 5.56 Å². The third-order valence-electron chi connectivity index (χ3n) is 7.16. The van der Waals surface area contributed by atoms with Gasteiger partial charge in [0.2, 0.25) is 11.2 Å². The van der Waals surface area contributed by atoms with Crippen LogP contribution in [0.5, 0.6) is 34.5 Å². The molecule has 0 bridgehead atoms. The molecule has 0 unspecified atom stereocenters. The average Bonchev–Trinajstić information content (AvgIpc) is 2.97. The van der Waals surface area contributed by atoms with Crippen molar-refractivity contribution >= 4 is 27.8 Å². The summed E-state index contributed by atoms with van der Waals surface area (Å²) in [4.78, 5) is 39.7. The number of aromatic hydroxyl groups is 5. The third kappa shape index (κ3) is 4.48. The van der Waals surface area contributed by atoms with E-state index in [0.29, 0.717) is 16.7 Å². The highest BCUT2D eigenvalue weighted by Crippen LogP contribution is 2.44. The molecule has 0 amide bonds. The predicted octanol–water partition coefficient (Wildman–Crippen LogP) is 3.54. The molecular formula is C30H25NO11. The summed E-state index contributed by atoms with van der Waals surface area (Å²) in [6.07, 6.45) is -0.485. The number of ether oxygens (including phenoxy) is 2. The van der Waals surface area contributed by atoms with Gasteiger partial charge in [-0.05, 0) is 41.8 Å². The van der Waals surface area contributed by atoms with E-state index in [0.717, 1.165) is 25.3 Å². The molecule has 42 heavy (non-hydrogen) atoms. The van der Waals surface area contributed by atoms with Crippen LogP contribution in [0.2, 0.25) is 0 Å². The molecule has 12 nitrogen and oxygen atoms in total. The lowest BCUT2D eigenvalue weighted by atomic mass is 9.86. The van der Waals surface area contributed by atoms with Gasteiger partial charge in [-0.15, -0.1) is 0 Å². The first-order chi connectivity index (χ1) is 20.0. The van der Waals surface area contributed by atoms with Gasteiger partial charge in [0.05, 0.1) is 26.2 Å². The number of carbonyl (C=O) groups excluding carboxylic acids is 1. The van der Waals surface area contributed by atoms with E-state index in [2.05, 4.69) is 0 Å². The van der Waals surface area contributed by atoms with Crippen LogP contribution in [0.15, 0.2) is 62.5 Å². The van der Waals surface area contributed by atoms with Crippen molar-refractivity contribution in [3.8, 4) is 45.8 Å². The van der Waals surface area contributed by atoms with Crippen LogP contribution in [0.1, 0.15) is 23.5 Å². The second-order valence-electron chi connectivity index (χ2n) is 9.57. The quantitative estimate of drug-likeness (QED) is 0.147. The normalized spacial score (nSPS) is 12.0. The number of carbonyl (C=O) groups is 1. The van der Waals surface area contributed by atoms with E-state index < -0.39 is 74.8 Å². The molecule has 0 saturated carbocycles. The molecular weight excluding hydrogens is 550 g/mol. The minimum atomic E-state index is -1.26. The Morgan fingerprint density at radius 2 is 1.64 bits per heavy atom. The topological polar surface area (TPSA) is 189 Å². The Kier molecular flexibility index (Phi) is 6.90. The first kappa shape index (κ1) is 27.9. The van der Waals surface area contributed by atoms with Crippen LogP contribution in [-0.2, 0) is 16.6 Å². The molecule has 5 N–H and O–H groups in total. The molecule has 216 valence electrons. The van der Waals surface area contributed by atoms with Crippen LogP contribution < -0.4 is 15.7 Å². The second kappa shape index (κ2) is 10.4. The molecule has 0 spiro atoms. The van der Waals surface area contributed by atoms with Gasteiger partial charge < -0.3 is 44.0 Å². The van der Waals surface area contributed by atoms with Gasteiger partial charge in [0.1, 0.15) is 28.2 Å². The lowest BCUT2D eigenvalue weighted by Crippen LogP contribution is -2.25. The summed E-state index contributed by atoms with van der Waals surface area (Å²) < 4.78 is 17.4. The molecule has 5 aromatic rings. The maximum Gasteiger partial charge on any atom is 0.306 e. The molecule has 0 saturated heterocycles. The molecule has 5 rings (SSSR count). The average molecular weight is 576 g/mol. The van der Waals surface area contributed by atoms with Crippen molar-refractivity contribution in [1.82, 2.24) is 4.57 Å². The van der Waals surface area contributed by atoms with Crippen LogP contribution in [0.25, 0.3) is 33.2 Å². The Bertz CT molecular complexity index is 2020. The Morgan fingerprint density at radius 3 is 2.31 bits per heavy atom. The number of hydrogen-bond acceptors (Lipinski definition) is 11. The van der Waals surface area contributed by atoms with E-state index in [9.17, 15) is 39.9 Å². The van der Waals surface area contributed by atoms with Gasteiger partial charge in [-0.3, -0.25) is 14.4 Å². The Morgan fingerprint density at radius 1 is 0.905 bits per heavy atom. The molecule has 0 aliphatic rings. The van der Waals surface area contributed by atoms with Gasteiger partial charge in [0.15, 0.2) is 17.3 Å². The fourth-order valence-corrected chi connectivity index (χ4v) is 5.00. The lowest BCUT2D eigenvalue weighted by molar-refractivity contribution is -0.140. The molecule has 0 radical (unpaired) electrons. The summed E-state index contributed by atoms with van der Waals surface area (Å²) in [5.41, 5.74) is -1.75. The van der Waals surface area contributed by atoms with Crippen molar-refractivity contribution in [2.24, 2.45) is 7.05 Å². The van der Waals surface area contributed by atoms with Crippen LogP contribution >= 0.6 is 0 Å². The van der Waals surface area contributed by atoms with Gasteiger partial charge in [-0.1, -0.05) is 0 Å². The van der Waals surface area contributed by atoms with E-state index in [1.54, 1.807) is 18.2 Å². The maximum absolute atomic E-state index is 13.7. The van der Waals surface area contributed by atoms with Crippen LogP contribution in [-0.4, -0.2) is 50.3 Å². The Labute approximate surface area is 236 Å². The largest absolute Gasteiger partial charge is 0.507 e. The van der Waals surface area contributed by atoms with Crippen molar-refractivity contribution in [2.45, 2.75) is 12.3 Å². The van der Waals surface area contributed by atoms with E-state index in [4.69, 9.17) is 13.9 Å². The Balaban J connectivity index is 1.88. The number of phenols is 4. The summed E-state index contributed by atoms with van der Waals surface area (Å²) in [7, 11) is 4.15. The number of esters is 1. The maximum atomic E-state index is 13.7. The number of aryl methyl sites for hydroxylation is 1. The van der Waals surface area contributed by atoms with Gasteiger partial charge in [0, 0.05) is 41.8 Å². The molecule has 2 heterocycles. The number of aromatic nitrogens is 1. The molecule has 0 fully saturated rings. The van der Waals surface area contributed by atoms with E-state index in [-0.39, 0.29) is 16.7 Å². The highest BCUT2D eigenvalue weighted by Gasteiger charge is 2.32.